The Balaban J connectivity index is 2.27. The summed E-state index contributed by atoms with van der Waals surface area (Å²) in [7, 11) is 0. The van der Waals surface area contributed by atoms with E-state index in [4.69, 9.17) is 4.74 Å². The maximum Gasteiger partial charge on any atom is 0.314 e. The van der Waals surface area contributed by atoms with Crippen molar-refractivity contribution in [3.8, 4) is 5.75 Å². The zero-order valence-electron chi connectivity index (χ0n) is 15.9. The Labute approximate surface area is 152 Å². The van der Waals surface area contributed by atoms with Crippen molar-refractivity contribution in [2.24, 2.45) is 5.92 Å². The number of hydrogen-bond acceptors (Lipinski definition) is 2. The van der Waals surface area contributed by atoms with Crippen LogP contribution in [0.1, 0.15) is 64.5 Å². The fourth-order valence-corrected chi connectivity index (χ4v) is 3.21. The highest BCUT2D eigenvalue weighted by atomic mass is 16.5. The molecule has 0 N–H and O–H groups in total. The van der Waals surface area contributed by atoms with E-state index in [0.717, 1.165) is 31.2 Å². The van der Waals surface area contributed by atoms with Crippen molar-refractivity contribution in [1.29, 1.82) is 0 Å². The summed E-state index contributed by atoms with van der Waals surface area (Å²) >= 11 is 0. The average molecular weight is 338 g/mol. The molecule has 1 unspecified atom stereocenters. The van der Waals surface area contributed by atoms with Gasteiger partial charge in [0.15, 0.2) is 0 Å². The summed E-state index contributed by atoms with van der Waals surface area (Å²) in [5.74, 6) is 0.552. The second kappa shape index (κ2) is 8.84. The Bertz CT molecular complexity index is 674. The zero-order chi connectivity index (χ0) is 18.3. The quantitative estimate of drug-likeness (QED) is 0.427. The van der Waals surface area contributed by atoms with Gasteiger partial charge >= 0.3 is 5.97 Å². The van der Waals surface area contributed by atoms with Gasteiger partial charge in [-0.15, -0.1) is 0 Å². The van der Waals surface area contributed by atoms with Crippen LogP contribution in [0.15, 0.2) is 54.6 Å². The summed E-state index contributed by atoms with van der Waals surface area (Å²) in [6.07, 6.45) is 3.88. The lowest BCUT2D eigenvalue weighted by Gasteiger charge is -2.28. The molecular weight excluding hydrogens is 308 g/mol. The van der Waals surface area contributed by atoms with E-state index in [1.54, 1.807) is 0 Å². The van der Waals surface area contributed by atoms with Gasteiger partial charge in [-0.25, -0.2) is 0 Å². The highest BCUT2D eigenvalue weighted by Crippen LogP contribution is 2.37. The third kappa shape index (κ3) is 4.72. The van der Waals surface area contributed by atoms with Crippen LogP contribution < -0.4 is 4.74 Å². The molecular formula is C23H30O2. The first-order valence-electron chi connectivity index (χ1n) is 9.37. The number of rotatable bonds is 8. The second-order valence-corrected chi connectivity index (χ2v) is 7.16. The van der Waals surface area contributed by atoms with Crippen molar-refractivity contribution < 1.29 is 9.53 Å². The molecule has 1 atom stereocenters. The van der Waals surface area contributed by atoms with Crippen LogP contribution in [-0.4, -0.2) is 5.97 Å². The third-order valence-electron chi connectivity index (χ3n) is 5.00. The maximum absolute atomic E-state index is 12.6. The van der Waals surface area contributed by atoms with Crippen LogP contribution in [-0.2, 0) is 10.2 Å². The first-order chi connectivity index (χ1) is 12.0. The van der Waals surface area contributed by atoms with E-state index >= 15 is 0 Å². The van der Waals surface area contributed by atoms with E-state index in [-0.39, 0.29) is 17.3 Å². The number of carbonyl (C=O) groups is 1. The second-order valence-electron chi connectivity index (χ2n) is 7.16. The fourth-order valence-electron chi connectivity index (χ4n) is 3.21. The molecule has 0 bridgehead atoms. The highest BCUT2D eigenvalue weighted by Gasteiger charge is 2.28. The van der Waals surface area contributed by atoms with Gasteiger partial charge in [-0.05, 0) is 24.5 Å². The molecule has 0 aromatic heterocycles. The zero-order valence-corrected chi connectivity index (χ0v) is 15.9. The van der Waals surface area contributed by atoms with Crippen molar-refractivity contribution in [1.82, 2.24) is 0 Å². The molecule has 134 valence electrons. The summed E-state index contributed by atoms with van der Waals surface area (Å²) in [6, 6.07) is 18.3. The number of esters is 1. The standard InChI is InChI=1S/C23H30O2/c1-5-7-13-18(6-2)22(24)25-21-17-12-11-16-20(21)23(3,4)19-14-9-8-10-15-19/h8-12,14-18H,5-7,13H2,1-4H3. The summed E-state index contributed by atoms with van der Waals surface area (Å²) in [4.78, 5) is 12.6. The van der Waals surface area contributed by atoms with Gasteiger partial charge in [0.2, 0.25) is 0 Å². The number of ether oxygens (including phenoxy) is 1. The molecule has 0 saturated carbocycles. The summed E-state index contributed by atoms with van der Waals surface area (Å²) in [5, 5.41) is 0. The molecule has 2 rings (SSSR count). The van der Waals surface area contributed by atoms with Crippen LogP contribution >= 0.6 is 0 Å². The average Bonchev–Trinajstić information content (AvgIpc) is 2.63. The largest absolute Gasteiger partial charge is 0.426 e. The number of benzene rings is 2. The Morgan fingerprint density at radius 3 is 2.28 bits per heavy atom. The van der Waals surface area contributed by atoms with Gasteiger partial charge in [-0.2, -0.15) is 0 Å². The van der Waals surface area contributed by atoms with Gasteiger partial charge < -0.3 is 4.74 Å². The molecule has 2 aromatic rings. The Hall–Kier alpha value is -2.09. The minimum atomic E-state index is -0.233. The van der Waals surface area contributed by atoms with Crippen molar-refractivity contribution >= 4 is 5.97 Å². The van der Waals surface area contributed by atoms with E-state index in [2.05, 4.69) is 45.9 Å². The normalized spacial score (nSPS) is 12.6. The van der Waals surface area contributed by atoms with Gasteiger partial charge in [-0.1, -0.05) is 89.1 Å². The fraction of sp³-hybridized carbons (Fsp3) is 0.435. The number of para-hydroxylation sites is 1. The van der Waals surface area contributed by atoms with Crippen LogP contribution in [0.25, 0.3) is 0 Å². The molecule has 0 spiro atoms. The lowest BCUT2D eigenvalue weighted by molar-refractivity contribution is -0.139. The Kier molecular flexibility index (Phi) is 6.81. The number of carbonyl (C=O) groups excluding carboxylic acids is 1. The van der Waals surface area contributed by atoms with Crippen molar-refractivity contribution in [3.63, 3.8) is 0 Å². The molecule has 2 heteroatoms. The van der Waals surface area contributed by atoms with Crippen LogP contribution in [0, 0.1) is 5.92 Å². The smallest absolute Gasteiger partial charge is 0.314 e. The van der Waals surface area contributed by atoms with Gasteiger partial charge in [0, 0.05) is 11.0 Å². The van der Waals surface area contributed by atoms with E-state index in [1.807, 2.05) is 36.4 Å². The topological polar surface area (TPSA) is 26.3 Å². The highest BCUT2D eigenvalue weighted by molar-refractivity contribution is 5.75. The van der Waals surface area contributed by atoms with Gasteiger partial charge in [-0.3, -0.25) is 4.79 Å². The van der Waals surface area contributed by atoms with E-state index < -0.39 is 0 Å². The summed E-state index contributed by atoms with van der Waals surface area (Å²) in [5.41, 5.74) is 2.01. The Morgan fingerprint density at radius 2 is 1.64 bits per heavy atom. The predicted octanol–water partition coefficient (Wildman–Crippen LogP) is 6.13. The van der Waals surface area contributed by atoms with E-state index in [0.29, 0.717) is 5.75 Å². The van der Waals surface area contributed by atoms with E-state index in [1.165, 1.54) is 5.56 Å². The maximum atomic E-state index is 12.6. The van der Waals surface area contributed by atoms with E-state index in [9.17, 15) is 4.79 Å². The van der Waals surface area contributed by atoms with Crippen molar-refractivity contribution in [2.75, 3.05) is 0 Å². The van der Waals surface area contributed by atoms with Gasteiger partial charge in [0.25, 0.3) is 0 Å². The monoisotopic (exact) mass is 338 g/mol. The minimum Gasteiger partial charge on any atom is -0.426 e. The molecule has 0 aliphatic carbocycles. The molecule has 0 aliphatic rings. The van der Waals surface area contributed by atoms with Crippen molar-refractivity contribution in [3.05, 3.63) is 65.7 Å². The molecule has 0 amide bonds. The minimum absolute atomic E-state index is 0.0205. The molecule has 0 saturated heterocycles. The predicted molar refractivity (Wildman–Crippen MR) is 104 cm³/mol. The molecule has 25 heavy (non-hydrogen) atoms. The van der Waals surface area contributed by atoms with Crippen LogP contribution in [0.2, 0.25) is 0 Å². The summed E-state index contributed by atoms with van der Waals surface area (Å²) < 4.78 is 5.86. The molecule has 0 heterocycles. The first-order valence-corrected chi connectivity index (χ1v) is 9.37. The third-order valence-corrected chi connectivity index (χ3v) is 5.00. The van der Waals surface area contributed by atoms with Crippen molar-refractivity contribution in [2.45, 2.75) is 58.8 Å². The van der Waals surface area contributed by atoms with Crippen LogP contribution in [0.3, 0.4) is 0 Å². The molecule has 0 fully saturated rings. The number of hydrogen-bond donors (Lipinski definition) is 0. The Morgan fingerprint density at radius 1 is 1.00 bits per heavy atom. The first kappa shape index (κ1) is 19.2. The molecule has 0 aliphatic heterocycles. The lowest BCUT2D eigenvalue weighted by atomic mass is 9.78. The summed E-state index contributed by atoms with van der Waals surface area (Å²) in [6.45, 7) is 8.55. The van der Waals surface area contributed by atoms with Crippen LogP contribution in [0.5, 0.6) is 5.75 Å². The SMILES string of the molecule is CCCCC(CC)C(=O)Oc1ccccc1C(C)(C)c1ccccc1. The van der Waals surface area contributed by atoms with Gasteiger partial charge in [0.1, 0.15) is 5.75 Å². The molecule has 0 radical (unpaired) electrons. The van der Waals surface area contributed by atoms with Gasteiger partial charge in [0.05, 0.1) is 5.92 Å². The lowest BCUT2D eigenvalue weighted by Crippen LogP contribution is -2.24. The van der Waals surface area contributed by atoms with Crippen LogP contribution in [0.4, 0.5) is 0 Å². The molecule has 2 nitrogen and oxygen atoms in total. The number of unbranched alkanes of at least 4 members (excludes halogenated alkanes) is 1. The molecule has 2 aromatic carbocycles.